The molecule has 0 saturated heterocycles. The molecule has 0 saturated carbocycles. The minimum absolute atomic E-state index is 0.149. The molecule has 0 bridgehead atoms. The average Bonchev–Trinajstić information content (AvgIpc) is 3.12. The highest BCUT2D eigenvalue weighted by molar-refractivity contribution is 6.33. The van der Waals surface area contributed by atoms with E-state index in [1.165, 1.54) is 5.56 Å². The van der Waals surface area contributed by atoms with Crippen LogP contribution in [0.2, 0.25) is 10.0 Å². The van der Waals surface area contributed by atoms with Crippen LogP contribution in [0.15, 0.2) is 66.7 Å². The van der Waals surface area contributed by atoms with Crippen LogP contribution in [0.1, 0.15) is 34.3 Å². The van der Waals surface area contributed by atoms with Crippen LogP contribution in [0.25, 0.3) is 0 Å². The number of rotatable bonds is 6. The zero-order valence-corrected chi connectivity index (χ0v) is 18.3. The van der Waals surface area contributed by atoms with Gasteiger partial charge in [-0.1, -0.05) is 47.5 Å². The molecule has 3 aromatic rings. The van der Waals surface area contributed by atoms with E-state index in [1.807, 2.05) is 36.4 Å². The van der Waals surface area contributed by atoms with Crippen molar-refractivity contribution in [3.63, 3.8) is 0 Å². The number of carbonyl (C=O) groups is 1. The Kier molecular flexibility index (Phi) is 6.46. The standard InChI is InChI=1S/C25H21Cl2N3O/c26-20-9-11-23(27)19(13-20)16-30-22(7-4-12-28)14-18-8-10-21(15-24(18)30)29-25(31)17-5-2-1-3-6-17/h1-3,5-6,8-11,13,15,22H,4,7,14,16H2,(H,29,31). The third-order valence-electron chi connectivity index (χ3n) is 5.52. The van der Waals surface area contributed by atoms with Crippen LogP contribution in [0.4, 0.5) is 11.4 Å². The van der Waals surface area contributed by atoms with Gasteiger partial charge in [-0.25, -0.2) is 0 Å². The van der Waals surface area contributed by atoms with Gasteiger partial charge < -0.3 is 10.2 Å². The van der Waals surface area contributed by atoms with E-state index in [4.69, 9.17) is 28.5 Å². The number of halogens is 2. The van der Waals surface area contributed by atoms with Crippen LogP contribution in [0, 0.1) is 11.3 Å². The normalized spacial score (nSPS) is 14.7. The minimum atomic E-state index is -0.149. The van der Waals surface area contributed by atoms with Crippen molar-refractivity contribution in [2.45, 2.75) is 31.8 Å². The molecule has 1 atom stereocenters. The average molecular weight is 450 g/mol. The Morgan fingerprint density at radius 2 is 1.90 bits per heavy atom. The van der Waals surface area contributed by atoms with Gasteiger partial charge in [-0.15, -0.1) is 0 Å². The molecule has 1 N–H and O–H groups in total. The van der Waals surface area contributed by atoms with E-state index in [1.54, 1.807) is 24.3 Å². The summed E-state index contributed by atoms with van der Waals surface area (Å²) < 4.78 is 0. The van der Waals surface area contributed by atoms with E-state index in [0.717, 1.165) is 29.8 Å². The topological polar surface area (TPSA) is 56.1 Å². The molecule has 3 aromatic carbocycles. The first-order valence-electron chi connectivity index (χ1n) is 10.1. The lowest BCUT2D eigenvalue weighted by molar-refractivity contribution is 0.102. The van der Waals surface area contributed by atoms with Crippen molar-refractivity contribution < 1.29 is 4.79 Å². The Hall–Kier alpha value is -3.00. The van der Waals surface area contributed by atoms with Crippen molar-refractivity contribution in [2.75, 3.05) is 10.2 Å². The van der Waals surface area contributed by atoms with Crippen LogP contribution in [0.3, 0.4) is 0 Å². The molecule has 0 aliphatic carbocycles. The summed E-state index contributed by atoms with van der Waals surface area (Å²) in [6.07, 6.45) is 2.09. The summed E-state index contributed by atoms with van der Waals surface area (Å²) in [4.78, 5) is 14.8. The van der Waals surface area contributed by atoms with Crippen molar-refractivity contribution in [3.8, 4) is 6.07 Å². The van der Waals surface area contributed by atoms with Gasteiger partial charge in [0, 0.05) is 46.0 Å². The molecule has 6 heteroatoms. The maximum atomic E-state index is 12.6. The minimum Gasteiger partial charge on any atom is -0.364 e. The lowest BCUT2D eigenvalue weighted by Crippen LogP contribution is -2.31. The maximum Gasteiger partial charge on any atom is 0.255 e. The molecule has 0 radical (unpaired) electrons. The lowest BCUT2D eigenvalue weighted by atomic mass is 10.1. The van der Waals surface area contributed by atoms with Gasteiger partial charge in [-0.05, 0) is 66.4 Å². The predicted molar refractivity (Wildman–Crippen MR) is 126 cm³/mol. The van der Waals surface area contributed by atoms with E-state index >= 15 is 0 Å². The molecule has 1 amide bonds. The summed E-state index contributed by atoms with van der Waals surface area (Å²) in [5, 5.41) is 13.4. The molecule has 156 valence electrons. The first-order chi connectivity index (χ1) is 15.0. The van der Waals surface area contributed by atoms with Crippen LogP contribution in [-0.4, -0.2) is 11.9 Å². The summed E-state index contributed by atoms with van der Waals surface area (Å²) in [5.74, 6) is -0.149. The first kappa shape index (κ1) is 21.2. The molecule has 4 rings (SSSR count). The third-order valence-corrected chi connectivity index (χ3v) is 6.13. The maximum absolute atomic E-state index is 12.6. The molecule has 0 spiro atoms. The Morgan fingerprint density at radius 1 is 1.10 bits per heavy atom. The van der Waals surface area contributed by atoms with Gasteiger partial charge in [0.1, 0.15) is 0 Å². The molecule has 1 aliphatic rings. The molecular formula is C25H21Cl2N3O. The zero-order chi connectivity index (χ0) is 21.8. The number of hydrogen-bond donors (Lipinski definition) is 1. The number of nitrogens with zero attached hydrogens (tertiary/aromatic N) is 2. The molecule has 0 fully saturated rings. The van der Waals surface area contributed by atoms with Crippen LogP contribution in [-0.2, 0) is 13.0 Å². The molecule has 1 heterocycles. The summed E-state index contributed by atoms with van der Waals surface area (Å²) >= 11 is 12.6. The molecule has 31 heavy (non-hydrogen) atoms. The monoisotopic (exact) mass is 449 g/mol. The third kappa shape index (κ3) is 4.85. The predicted octanol–water partition coefficient (Wildman–Crippen LogP) is 6.48. The van der Waals surface area contributed by atoms with E-state index < -0.39 is 0 Å². The molecule has 1 unspecified atom stereocenters. The molecule has 4 nitrogen and oxygen atoms in total. The second-order valence-corrected chi connectivity index (χ2v) is 8.43. The fourth-order valence-electron chi connectivity index (χ4n) is 3.99. The fourth-order valence-corrected chi connectivity index (χ4v) is 4.36. The second kappa shape index (κ2) is 9.43. The van der Waals surface area contributed by atoms with Crippen molar-refractivity contribution in [1.29, 1.82) is 5.26 Å². The fraction of sp³-hybridized carbons (Fsp3) is 0.200. The summed E-state index contributed by atoms with van der Waals surface area (Å²) in [6.45, 7) is 0.582. The zero-order valence-electron chi connectivity index (χ0n) is 16.8. The number of fused-ring (bicyclic) bond motifs is 1. The van der Waals surface area contributed by atoms with Crippen LogP contribution in [0.5, 0.6) is 0 Å². The SMILES string of the molecule is N#CCCC1Cc2ccc(NC(=O)c3ccccc3)cc2N1Cc1cc(Cl)ccc1Cl. The van der Waals surface area contributed by atoms with E-state index in [2.05, 4.69) is 22.4 Å². The van der Waals surface area contributed by atoms with Gasteiger partial charge in [0.25, 0.3) is 5.91 Å². The lowest BCUT2D eigenvalue weighted by Gasteiger charge is -2.28. The summed E-state index contributed by atoms with van der Waals surface area (Å²) in [6, 6.07) is 23.0. The van der Waals surface area contributed by atoms with Gasteiger partial charge in [-0.3, -0.25) is 4.79 Å². The quantitative estimate of drug-likeness (QED) is 0.468. The summed E-state index contributed by atoms with van der Waals surface area (Å²) in [5.41, 5.74) is 4.51. The highest BCUT2D eigenvalue weighted by atomic mass is 35.5. The van der Waals surface area contributed by atoms with E-state index in [-0.39, 0.29) is 11.9 Å². The van der Waals surface area contributed by atoms with Crippen LogP contribution >= 0.6 is 23.2 Å². The number of nitrogens with one attached hydrogen (secondary N) is 1. The molecular weight excluding hydrogens is 429 g/mol. The Balaban J connectivity index is 1.62. The Labute approximate surface area is 192 Å². The number of amides is 1. The molecule has 0 aromatic heterocycles. The van der Waals surface area contributed by atoms with Crippen molar-refractivity contribution in [2.24, 2.45) is 0 Å². The van der Waals surface area contributed by atoms with Gasteiger partial charge in [0.15, 0.2) is 0 Å². The smallest absolute Gasteiger partial charge is 0.255 e. The summed E-state index contributed by atoms with van der Waals surface area (Å²) in [7, 11) is 0. The van der Waals surface area contributed by atoms with Crippen LogP contribution < -0.4 is 10.2 Å². The van der Waals surface area contributed by atoms with Gasteiger partial charge in [-0.2, -0.15) is 5.26 Å². The number of anilines is 2. The number of nitriles is 1. The van der Waals surface area contributed by atoms with Crippen molar-refractivity contribution >= 4 is 40.5 Å². The van der Waals surface area contributed by atoms with E-state index in [0.29, 0.717) is 28.6 Å². The highest BCUT2D eigenvalue weighted by Gasteiger charge is 2.30. The number of carbonyl (C=O) groups excluding carboxylic acids is 1. The Bertz CT molecular complexity index is 1140. The second-order valence-electron chi connectivity index (χ2n) is 7.58. The van der Waals surface area contributed by atoms with Gasteiger partial charge in [0.2, 0.25) is 0 Å². The van der Waals surface area contributed by atoms with Gasteiger partial charge >= 0.3 is 0 Å². The highest BCUT2D eigenvalue weighted by Crippen LogP contribution is 2.38. The number of hydrogen-bond acceptors (Lipinski definition) is 3. The first-order valence-corrected chi connectivity index (χ1v) is 10.9. The van der Waals surface area contributed by atoms with Gasteiger partial charge in [0.05, 0.1) is 6.07 Å². The Morgan fingerprint density at radius 3 is 2.68 bits per heavy atom. The number of benzene rings is 3. The largest absolute Gasteiger partial charge is 0.364 e. The van der Waals surface area contributed by atoms with E-state index in [9.17, 15) is 4.79 Å². The molecule has 1 aliphatic heterocycles. The van der Waals surface area contributed by atoms with Crippen molar-refractivity contribution in [3.05, 3.63) is 93.5 Å². The van der Waals surface area contributed by atoms with Crippen molar-refractivity contribution in [1.82, 2.24) is 0 Å².